The summed E-state index contributed by atoms with van der Waals surface area (Å²) in [6, 6.07) is 16.0. The van der Waals surface area contributed by atoms with Crippen molar-refractivity contribution in [1.29, 1.82) is 0 Å². The standard InChI is InChI=1S/C14H11NO3/c16-13-11-8-4-5-9-12(11)18-14(15(13)17)10-6-2-1-3-7-10/h1-9,14,17H/t14-/m1/s1. The summed E-state index contributed by atoms with van der Waals surface area (Å²) in [4.78, 5) is 12.0. The van der Waals surface area contributed by atoms with Gasteiger partial charge in [0.25, 0.3) is 5.91 Å². The van der Waals surface area contributed by atoms with Crippen LogP contribution in [0.3, 0.4) is 0 Å². The van der Waals surface area contributed by atoms with E-state index in [1.54, 1.807) is 36.4 Å². The van der Waals surface area contributed by atoms with E-state index in [4.69, 9.17) is 4.74 Å². The van der Waals surface area contributed by atoms with Crippen molar-refractivity contribution < 1.29 is 14.7 Å². The second-order valence-corrected chi connectivity index (χ2v) is 4.03. The van der Waals surface area contributed by atoms with Gasteiger partial charge in [0.2, 0.25) is 6.23 Å². The van der Waals surface area contributed by atoms with Gasteiger partial charge in [-0.05, 0) is 12.1 Å². The van der Waals surface area contributed by atoms with Crippen LogP contribution in [0.15, 0.2) is 54.6 Å². The Morgan fingerprint density at radius 1 is 1.00 bits per heavy atom. The average molecular weight is 241 g/mol. The summed E-state index contributed by atoms with van der Waals surface area (Å²) in [6.07, 6.45) is -0.798. The smallest absolute Gasteiger partial charge is 0.284 e. The van der Waals surface area contributed by atoms with Gasteiger partial charge in [-0.2, -0.15) is 5.06 Å². The molecule has 0 saturated carbocycles. The van der Waals surface area contributed by atoms with Crippen LogP contribution in [-0.4, -0.2) is 16.2 Å². The van der Waals surface area contributed by atoms with Crippen LogP contribution in [0, 0.1) is 0 Å². The van der Waals surface area contributed by atoms with Crippen molar-refractivity contribution in [3.05, 3.63) is 65.7 Å². The van der Waals surface area contributed by atoms with Crippen molar-refractivity contribution in [2.24, 2.45) is 0 Å². The quantitative estimate of drug-likeness (QED) is 0.781. The van der Waals surface area contributed by atoms with Crippen molar-refractivity contribution in [3.63, 3.8) is 0 Å². The number of carbonyl (C=O) groups is 1. The molecule has 0 unspecified atom stereocenters. The van der Waals surface area contributed by atoms with Gasteiger partial charge < -0.3 is 4.74 Å². The van der Waals surface area contributed by atoms with Crippen LogP contribution in [0.1, 0.15) is 22.1 Å². The SMILES string of the molecule is O=C1c2ccccc2O[C@H](c2ccccc2)N1O. The molecule has 4 heteroatoms. The molecule has 18 heavy (non-hydrogen) atoms. The number of benzene rings is 2. The summed E-state index contributed by atoms with van der Waals surface area (Å²) in [6.45, 7) is 0. The molecule has 1 heterocycles. The summed E-state index contributed by atoms with van der Waals surface area (Å²) in [5.41, 5.74) is 1.09. The number of hydrogen-bond donors (Lipinski definition) is 1. The van der Waals surface area contributed by atoms with Crippen LogP contribution >= 0.6 is 0 Å². The van der Waals surface area contributed by atoms with E-state index in [0.717, 1.165) is 5.56 Å². The lowest BCUT2D eigenvalue weighted by Crippen LogP contribution is -2.39. The fraction of sp³-hybridized carbons (Fsp3) is 0.0714. The lowest BCUT2D eigenvalue weighted by Gasteiger charge is -2.32. The molecular formula is C14H11NO3. The zero-order valence-electron chi connectivity index (χ0n) is 9.48. The van der Waals surface area contributed by atoms with E-state index in [1.165, 1.54) is 0 Å². The van der Waals surface area contributed by atoms with E-state index >= 15 is 0 Å². The van der Waals surface area contributed by atoms with Gasteiger partial charge in [0.05, 0.1) is 5.56 Å². The van der Waals surface area contributed by atoms with Crippen molar-refractivity contribution in [2.75, 3.05) is 0 Å². The number of rotatable bonds is 1. The Bertz CT molecular complexity index is 583. The third-order valence-electron chi connectivity index (χ3n) is 2.87. The van der Waals surface area contributed by atoms with Crippen LogP contribution in [-0.2, 0) is 0 Å². The summed E-state index contributed by atoms with van der Waals surface area (Å²) in [7, 11) is 0. The highest BCUT2D eigenvalue weighted by atomic mass is 16.6. The Morgan fingerprint density at radius 3 is 2.44 bits per heavy atom. The maximum atomic E-state index is 12.0. The van der Waals surface area contributed by atoms with Gasteiger partial charge in [-0.25, -0.2) is 0 Å². The number of fused-ring (bicyclic) bond motifs is 1. The Kier molecular flexibility index (Phi) is 2.50. The van der Waals surface area contributed by atoms with Gasteiger partial charge in [0.15, 0.2) is 0 Å². The predicted octanol–water partition coefficient (Wildman–Crippen LogP) is 2.61. The fourth-order valence-electron chi connectivity index (χ4n) is 1.97. The molecule has 0 aliphatic carbocycles. The van der Waals surface area contributed by atoms with Crippen LogP contribution in [0.2, 0.25) is 0 Å². The third kappa shape index (κ3) is 1.63. The predicted molar refractivity (Wildman–Crippen MR) is 64.2 cm³/mol. The van der Waals surface area contributed by atoms with Crippen LogP contribution in [0.25, 0.3) is 0 Å². The molecule has 1 atom stereocenters. The molecule has 0 radical (unpaired) electrons. The first kappa shape index (κ1) is 10.8. The molecule has 3 rings (SSSR count). The molecule has 0 fully saturated rings. The van der Waals surface area contributed by atoms with Gasteiger partial charge >= 0.3 is 0 Å². The first-order valence-corrected chi connectivity index (χ1v) is 5.60. The lowest BCUT2D eigenvalue weighted by atomic mass is 10.1. The normalized spacial score (nSPS) is 18.2. The maximum absolute atomic E-state index is 12.0. The van der Waals surface area contributed by atoms with Crippen LogP contribution < -0.4 is 4.74 Å². The van der Waals surface area contributed by atoms with Gasteiger partial charge in [-0.3, -0.25) is 10.0 Å². The highest BCUT2D eigenvalue weighted by Crippen LogP contribution is 2.33. The number of para-hydroxylation sites is 1. The molecule has 0 saturated heterocycles. The van der Waals surface area contributed by atoms with E-state index in [-0.39, 0.29) is 0 Å². The van der Waals surface area contributed by atoms with Crippen molar-refractivity contribution >= 4 is 5.91 Å². The molecule has 1 aliphatic rings. The molecule has 4 nitrogen and oxygen atoms in total. The Morgan fingerprint density at radius 2 is 1.67 bits per heavy atom. The van der Waals surface area contributed by atoms with Gasteiger partial charge in [-0.15, -0.1) is 0 Å². The van der Waals surface area contributed by atoms with E-state index in [0.29, 0.717) is 16.4 Å². The largest absolute Gasteiger partial charge is 0.463 e. The minimum absolute atomic E-state index is 0.368. The minimum atomic E-state index is -0.798. The summed E-state index contributed by atoms with van der Waals surface area (Å²) in [5, 5.41) is 10.5. The zero-order chi connectivity index (χ0) is 12.5. The molecule has 1 amide bonds. The van der Waals surface area contributed by atoms with Gasteiger partial charge in [0.1, 0.15) is 5.75 Å². The van der Waals surface area contributed by atoms with Crippen molar-refractivity contribution in [3.8, 4) is 5.75 Å². The second kappa shape index (κ2) is 4.16. The number of nitrogens with zero attached hydrogens (tertiary/aromatic N) is 1. The molecule has 0 aromatic heterocycles. The molecule has 2 aromatic carbocycles. The lowest BCUT2D eigenvalue weighted by molar-refractivity contribution is -0.157. The molecular weight excluding hydrogens is 230 g/mol. The van der Waals surface area contributed by atoms with Crippen molar-refractivity contribution in [1.82, 2.24) is 5.06 Å². The second-order valence-electron chi connectivity index (χ2n) is 4.03. The summed E-state index contributed by atoms with van der Waals surface area (Å²) in [5.74, 6) is 0.0346. The Balaban J connectivity index is 2.04. The molecule has 2 aromatic rings. The molecule has 90 valence electrons. The first-order valence-electron chi connectivity index (χ1n) is 5.60. The zero-order valence-corrected chi connectivity index (χ0v) is 9.48. The van der Waals surface area contributed by atoms with E-state index < -0.39 is 12.1 Å². The van der Waals surface area contributed by atoms with Crippen molar-refractivity contribution in [2.45, 2.75) is 6.23 Å². The summed E-state index contributed by atoms with van der Waals surface area (Å²) < 4.78 is 5.66. The highest BCUT2D eigenvalue weighted by Gasteiger charge is 2.33. The number of hydroxylamine groups is 2. The Labute approximate surface area is 104 Å². The van der Waals surface area contributed by atoms with Crippen LogP contribution in [0.5, 0.6) is 5.75 Å². The summed E-state index contributed by atoms with van der Waals surface area (Å²) >= 11 is 0. The molecule has 1 aliphatic heterocycles. The van der Waals surface area contributed by atoms with Crippen LogP contribution in [0.4, 0.5) is 0 Å². The van der Waals surface area contributed by atoms with Gasteiger partial charge in [-0.1, -0.05) is 42.5 Å². The maximum Gasteiger partial charge on any atom is 0.284 e. The fourth-order valence-corrected chi connectivity index (χ4v) is 1.97. The number of ether oxygens (including phenoxy) is 1. The average Bonchev–Trinajstić information content (AvgIpc) is 2.44. The number of amides is 1. The topological polar surface area (TPSA) is 49.8 Å². The van der Waals surface area contributed by atoms with Gasteiger partial charge in [0, 0.05) is 5.56 Å². The highest BCUT2D eigenvalue weighted by molar-refractivity contribution is 5.97. The third-order valence-corrected chi connectivity index (χ3v) is 2.87. The number of carbonyl (C=O) groups excluding carboxylic acids is 1. The first-order chi connectivity index (χ1) is 8.77. The number of hydrogen-bond acceptors (Lipinski definition) is 3. The monoisotopic (exact) mass is 241 g/mol. The molecule has 1 N–H and O–H groups in total. The van der Waals surface area contributed by atoms with E-state index in [9.17, 15) is 10.0 Å². The van der Waals surface area contributed by atoms with E-state index in [2.05, 4.69) is 0 Å². The Hall–Kier alpha value is -2.33. The van der Waals surface area contributed by atoms with E-state index in [1.807, 2.05) is 18.2 Å². The molecule has 0 bridgehead atoms. The molecule has 0 spiro atoms. The minimum Gasteiger partial charge on any atom is -0.463 e.